The van der Waals surface area contributed by atoms with Gasteiger partial charge in [-0.05, 0) is 29.8 Å². The topological polar surface area (TPSA) is 56.1 Å². The molecule has 2 amide bonds. The van der Waals surface area contributed by atoms with E-state index in [0.717, 1.165) is 5.56 Å². The van der Waals surface area contributed by atoms with Crippen molar-refractivity contribution in [2.24, 2.45) is 0 Å². The number of nitrogens with one attached hydrogen (secondary N) is 1. The van der Waals surface area contributed by atoms with Crippen LogP contribution in [0.4, 0.5) is 10.5 Å². The van der Waals surface area contributed by atoms with Gasteiger partial charge >= 0.3 is 6.03 Å². The number of halogens is 3. The molecule has 7 heteroatoms. The summed E-state index contributed by atoms with van der Waals surface area (Å²) < 4.78 is 0. The van der Waals surface area contributed by atoms with Crippen LogP contribution < -0.4 is 5.32 Å². The zero-order chi connectivity index (χ0) is 17.0. The van der Waals surface area contributed by atoms with Crippen LogP contribution >= 0.6 is 34.8 Å². The molecule has 2 rings (SSSR count). The van der Waals surface area contributed by atoms with Crippen LogP contribution in [0.2, 0.25) is 15.1 Å². The van der Waals surface area contributed by atoms with E-state index < -0.39 is 0 Å². The number of nitrogens with zero attached hydrogens (tertiary/aromatic N) is 2. The lowest BCUT2D eigenvalue weighted by molar-refractivity contribution is 0.220. The molecule has 2 aromatic carbocycles. The fraction of sp³-hybridized carbons (Fsp3) is 0.125. The van der Waals surface area contributed by atoms with E-state index in [4.69, 9.17) is 40.1 Å². The first-order valence-corrected chi connectivity index (χ1v) is 7.70. The molecule has 0 aliphatic rings. The third-order valence-corrected chi connectivity index (χ3v) is 4.30. The molecule has 0 aliphatic heterocycles. The Morgan fingerprint density at radius 3 is 2.61 bits per heavy atom. The zero-order valence-corrected chi connectivity index (χ0v) is 14.4. The number of rotatable bonds is 3. The van der Waals surface area contributed by atoms with E-state index in [1.54, 1.807) is 37.4 Å². The molecule has 0 heterocycles. The molecule has 4 nitrogen and oxygen atoms in total. The van der Waals surface area contributed by atoms with Gasteiger partial charge in [0.25, 0.3) is 0 Å². The minimum absolute atomic E-state index is 0.283. The van der Waals surface area contributed by atoms with E-state index in [1.165, 1.54) is 11.0 Å². The van der Waals surface area contributed by atoms with Crippen LogP contribution in [0.5, 0.6) is 0 Å². The van der Waals surface area contributed by atoms with Crippen LogP contribution in [-0.2, 0) is 6.54 Å². The molecule has 0 saturated heterocycles. The van der Waals surface area contributed by atoms with Gasteiger partial charge in [0.15, 0.2) is 0 Å². The second kappa shape index (κ2) is 7.56. The largest absolute Gasteiger partial charge is 0.323 e. The lowest BCUT2D eigenvalue weighted by Crippen LogP contribution is -2.30. The zero-order valence-electron chi connectivity index (χ0n) is 12.1. The second-order valence-corrected chi connectivity index (χ2v) is 6.00. The first kappa shape index (κ1) is 17.4. The van der Waals surface area contributed by atoms with Gasteiger partial charge in [-0.2, -0.15) is 5.26 Å². The summed E-state index contributed by atoms with van der Waals surface area (Å²) in [4.78, 5) is 13.7. The Morgan fingerprint density at radius 2 is 1.96 bits per heavy atom. The predicted octanol–water partition coefficient (Wildman–Crippen LogP) is 5.18. The molecule has 23 heavy (non-hydrogen) atoms. The molecule has 118 valence electrons. The maximum Gasteiger partial charge on any atom is 0.321 e. The van der Waals surface area contributed by atoms with E-state index in [9.17, 15) is 4.79 Å². The van der Waals surface area contributed by atoms with E-state index in [0.29, 0.717) is 27.8 Å². The summed E-state index contributed by atoms with van der Waals surface area (Å²) in [6.07, 6.45) is 0. The number of anilines is 1. The van der Waals surface area contributed by atoms with E-state index in [1.807, 2.05) is 6.07 Å². The van der Waals surface area contributed by atoms with Gasteiger partial charge in [-0.3, -0.25) is 0 Å². The molecule has 0 saturated carbocycles. The quantitative estimate of drug-likeness (QED) is 0.811. The van der Waals surface area contributed by atoms with E-state index in [2.05, 4.69) is 5.32 Å². The number of hydrogen-bond acceptors (Lipinski definition) is 2. The fourth-order valence-corrected chi connectivity index (χ4v) is 2.50. The molecule has 1 N–H and O–H groups in total. The van der Waals surface area contributed by atoms with Gasteiger partial charge in [-0.15, -0.1) is 0 Å². The Balaban J connectivity index is 2.07. The van der Waals surface area contributed by atoms with Crippen molar-refractivity contribution in [3.63, 3.8) is 0 Å². The lowest BCUT2D eigenvalue weighted by atomic mass is 10.2. The van der Waals surface area contributed by atoms with Crippen molar-refractivity contribution in [2.45, 2.75) is 6.54 Å². The predicted molar refractivity (Wildman–Crippen MR) is 93.1 cm³/mol. The van der Waals surface area contributed by atoms with Gasteiger partial charge in [-0.25, -0.2) is 4.79 Å². The van der Waals surface area contributed by atoms with Crippen molar-refractivity contribution in [2.75, 3.05) is 12.4 Å². The fourth-order valence-electron chi connectivity index (χ4n) is 1.90. The van der Waals surface area contributed by atoms with Crippen molar-refractivity contribution in [1.29, 1.82) is 5.26 Å². The Labute approximate surface area is 149 Å². The first-order valence-electron chi connectivity index (χ1n) is 6.57. The molecule has 0 bridgehead atoms. The molecule has 0 spiro atoms. The van der Waals surface area contributed by atoms with E-state index >= 15 is 0 Å². The molecule has 0 aromatic heterocycles. The minimum Gasteiger partial charge on any atom is -0.323 e. The third-order valence-electron chi connectivity index (χ3n) is 3.13. The summed E-state index contributed by atoms with van der Waals surface area (Å²) in [5.74, 6) is 0. The Hall–Kier alpha value is -1.93. The number of amides is 2. The number of hydrogen-bond donors (Lipinski definition) is 1. The summed E-state index contributed by atoms with van der Waals surface area (Å²) in [5.41, 5.74) is 1.60. The van der Waals surface area contributed by atoms with Crippen molar-refractivity contribution in [1.82, 2.24) is 4.90 Å². The summed E-state index contributed by atoms with van der Waals surface area (Å²) >= 11 is 18.0. The van der Waals surface area contributed by atoms with Crippen LogP contribution in [0.15, 0.2) is 36.4 Å². The van der Waals surface area contributed by atoms with Gasteiger partial charge in [0, 0.05) is 19.3 Å². The van der Waals surface area contributed by atoms with Gasteiger partial charge < -0.3 is 10.2 Å². The summed E-state index contributed by atoms with van der Waals surface area (Å²) in [6.45, 7) is 0.301. The van der Waals surface area contributed by atoms with Gasteiger partial charge in [0.1, 0.15) is 6.07 Å². The Bertz CT molecular complexity index is 787. The normalized spacial score (nSPS) is 10.0. The van der Waals surface area contributed by atoms with Gasteiger partial charge in [0.05, 0.1) is 20.6 Å². The number of carbonyl (C=O) groups is 1. The van der Waals surface area contributed by atoms with E-state index in [-0.39, 0.29) is 11.1 Å². The average Bonchev–Trinajstić information content (AvgIpc) is 2.52. The van der Waals surface area contributed by atoms with Gasteiger partial charge in [0.2, 0.25) is 0 Å². The monoisotopic (exact) mass is 367 g/mol. The summed E-state index contributed by atoms with van der Waals surface area (Å²) in [5, 5.41) is 12.7. The Kier molecular flexibility index (Phi) is 5.73. The second-order valence-electron chi connectivity index (χ2n) is 4.81. The standard InChI is InChI=1S/C16H12Cl3N3O/c1-22(9-11-3-2-4-13(17)15(11)19)16(23)21-12-6-5-10(8-20)14(18)7-12/h2-7H,9H2,1H3,(H,21,23). The Morgan fingerprint density at radius 1 is 1.22 bits per heavy atom. The highest BCUT2D eigenvalue weighted by Crippen LogP contribution is 2.26. The highest BCUT2D eigenvalue weighted by molar-refractivity contribution is 6.42. The average molecular weight is 369 g/mol. The maximum absolute atomic E-state index is 12.2. The van der Waals surface area contributed by atoms with Crippen molar-refractivity contribution < 1.29 is 4.79 Å². The SMILES string of the molecule is CN(Cc1cccc(Cl)c1Cl)C(=O)Nc1ccc(C#N)c(Cl)c1. The maximum atomic E-state index is 12.2. The summed E-state index contributed by atoms with van der Waals surface area (Å²) in [7, 11) is 1.64. The highest BCUT2D eigenvalue weighted by atomic mass is 35.5. The molecule has 0 unspecified atom stereocenters. The molecule has 0 fully saturated rings. The van der Waals surface area contributed by atoms with Crippen LogP contribution in [0, 0.1) is 11.3 Å². The van der Waals surface area contributed by atoms with Crippen LogP contribution in [0.25, 0.3) is 0 Å². The molecular formula is C16H12Cl3N3O. The van der Waals surface area contributed by atoms with Crippen molar-refractivity contribution >= 4 is 46.5 Å². The third kappa shape index (κ3) is 4.29. The van der Waals surface area contributed by atoms with Crippen molar-refractivity contribution in [3.8, 4) is 6.07 Å². The number of benzene rings is 2. The first-order chi connectivity index (χ1) is 10.9. The molecular weight excluding hydrogens is 357 g/mol. The minimum atomic E-state index is -0.332. The van der Waals surface area contributed by atoms with Crippen LogP contribution in [0.3, 0.4) is 0 Å². The number of nitriles is 1. The molecule has 2 aromatic rings. The van der Waals surface area contributed by atoms with Crippen LogP contribution in [-0.4, -0.2) is 18.0 Å². The van der Waals surface area contributed by atoms with Crippen molar-refractivity contribution in [3.05, 3.63) is 62.6 Å². The molecule has 0 radical (unpaired) electrons. The summed E-state index contributed by atoms with van der Waals surface area (Å²) in [6, 6.07) is 11.6. The lowest BCUT2D eigenvalue weighted by Gasteiger charge is -2.19. The number of urea groups is 1. The van der Waals surface area contributed by atoms with Crippen LogP contribution in [0.1, 0.15) is 11.1 Å². The molecule has 0 atom stereocenters. The smallest absolute Gasteiger partial charge is 0.321 e. The number of carbonyl (C=O) groups excluding carboxylic acids is 1. The molecule has 0 aliphatic carbocycles. The highest BCUT2D eigenvalue weighted by Gasteiger charge is 2.13. The van der Waals surface area contributed by atoms with Gasteiger partial charge in [-0.1, -0.05) is 46.9 Å².